The van der Waals surface area contributed by atoms with Gasteiger partial charge >= 0.3 is 12.0 Å². The fourth-order valence-electron chi connectivity index (χ4n) is 11.9. The zero-order chi connectivity index (χ0) is 66.1. The minimum atomic E-state index is -1.14. The van der Waals surface area contributed by atoms with Crippen molar-refractivity contribution in [3.05, 3.63) is 40.3 Å². The van der Waals surface area contributed by atoms with Crippen LogP contribution < -0.4 is 37.6 Å². The van der Waals surface area contributed by atoms with Crippen LogP contribution in [0.3, 0.4) is 0 Å². The molecule has 1 aromatic rings. The first kappa shape index (κ1) is 75.2. The van der Waals surface area contributed by atoms with Gasteiger partial charge in [0.2, 0.25) is 47.3 Å². The van der Waals surface area contributed by atoms with Gasteiger partial charge in [-0.25, -0.2) is 4.79 Å². The molecule has 27 heteroatoms. The van der Waals surface area contributed by atoms with Gasteiger partial charge in [0.1, 0.15) is 18.1 Å². The summed E-state index contributed by atoms with van der Waals surface area (Å²) in [5, 5.41) is 29.8. The first-order chi connectivity index (χ1) is 41.5. The second kappa shape index (κ2) is 37.0. The number of likely N-dealkylation sites (N-methyl/N-ethyl adjacent to an activating group) is 2. The summed E-state index contributed by atoms with van der Waals surface area (Å²) in [5.41, 5.74) is 15.6. The third kappa shape index (κ3) is 22.8. The molecule has 0 bridgehead atoms. The fourth-order valence-corrected chi connectivity index (χ4v) is 11.9. The molecule has 11 atom stereocenters. The molecule has 2 aliphatic heterocycles. The quantitative estimate of drug-likeness (QED) is 0.0205. The number of nitrogens with zero attached hydrogens (tertiary/aromatic N) is 7. The molecular formula is C61H102N14O13. The number of methoxy groups -OCH3 is 2. The Balaban J connectivity index is 1.73. The number of primary amides is 1. The maximum Gasteiger partial charge on any atom is 0.312 e. The van der Waals surface area contributed by atoms with Crippen molar-refractivity contribution in [1.29, 1.82) is 0 Å². The largest absolute Gasteiger partial charge is 0.481 e. The van der Waals surface area contributed by atoms with Gasteiger partial charge in [-0.05, 0) is 106 Å². The molecular weight excluding hydrogens is 1140 g/mol. The van der Waals surface area contributed by atoms with E-state index in [-0.39, 0.29) is 106 Å². The maximum absolute atomic E-state index is 14.5. The SMILES string of the molecule is CC[C@H](C)C([C@@H](CC(=O)N1CCC[C@H]1[C@H](OC)[C@@H](C)C(=O)N[C@H](CN=[N+]=[N-])Cc1ccc(NC(=O)[C@H](CCCNC(N)=O)NC(=O)[C@@H](NC(=O)CCC(=O)N2CCC(C(=O)O)CC2)C(C)C)cc1)OC)N(C)C(=O)[C@@H](NC(=O)[C@H](C(C)C)N(C)C)C(C)C. The van der Waals surface area contributed by atoms with Crippen LogP contribution in [-0.4, -0.2) is 207 Å². The minimum Gasteiger partial charge on any atom is -0.481 e. The molecule has 88 heavy (non-hydrogen) atoms. The zero-order valence-electron chi connectivity index (χ0n) is 54.3. The lowest BCUT2D eigenvalue weighted by Gasteiger charge is -2.41. The summed E-state index contributed by atoms with van der Waals surface area (Å²) in [7, 11) is 8.36. The van der Waals surface area contributed by atoms with E-state index in [2.05, 4.69) is 41.9 Å². The monoisotopic (exact) mass is 1240 g/mol. The number of carbonyl (C=O) groups is 10. The number of nitrogens with two attached hydrogens (primary N) is 1. The van der Waals surface area contributed by atoms with Gasteiger partial charge in [0, 0.05) is 83.5 Å². The highest BCUT2D eigenvalue weighted by molar-refractivity contribution is 5.98. The number of urea groups is 1. The molecule has 3 rings (SSSR count). The van der Waals surface area contributed by atoms with Gasteiger partial charge in [-0.15, -0.1) is 0 Å². The predicted molar refractivity (Wildman–Crippen MR) is 332 cm³/mol. The molecule has 2 fully saturated rings. The number of carbonyl (C=O) groups excluding carboxylic acids is 9. The summed E-state index contributed by atoms with van der Waals surface area (Å²) in [6, 6.07) is 0.687. The number of likely N-dealkylation sites (tertiary alicyclic amines) is 2. The van der Waals surface area contributed by atoms with Crippen molar-refractivity contribution in [3.63, 3.8) is 0 Å². The number of ether oxygens (including phenoxy) is 2. The fraction of sp³-hybridized carbons (Fsp3) is 0.738. The average Bonchev–Trinajstić information content (AvgIpc) is 2.73. The van der Waals surface area contributed by atoms with Gasteiger partial charge in [-0.2, -0.15) is 0 Å². The molecule has 10 amide bonds. The number of rotatable bonds is 36. The number of aliphatic carboxylic acids is 1. The molecule has 2 saturated heterocycles. The van der Waals surface area contributed by atoms with Crippen molar-refractivity contribution in [2.24, 2.45) is 46.4 Å². The number of hydrogen-bond donors (Lipinski definition) is 8. The Bertz CT molecular complexity index is 2530. The van der Waals surface area contributed by atoms with Crippen LogP contribution in [0.2, 0.25) is 0 Å². The number of nitrogens with one attached hydrogen (secondary N) is 6. The van der Waals surface area contributed by atoms with E-state index in [1.807, 2.05) is 60.5 Å². The van der Waals surface area contributed by atoms with E-state index in [0.717, 1.165) is 0 Å². The molecule has 0 radical (unpaired) electrons. The molecule has 0 aliphatic carbocycles. The van der Waals surface area contributed by atoms with Gasteiger partial charge in [-0.1, -0.05) is 86.0 Å². The molecule has 0 aromatic heterocycles. The van der Waals surface area contributed by atoms with Crippen molar-refractivity contribution in [2.75, 3.05) is 73.4 Å². The van der Waals surface area contributed by atoms with Gasteiger partial charge in [0.15, 0.2) is 0 Å². The predicted octanol–water partition coefficient (Wildman–Crippen LogP) is 3.79. The molecule has 1 aromatic carbocycles. The summed E-state index contributed by atoms with van der Waals surface area (Å²) >= 11 is 0. The Kier molecular flexibility index (Phi) is 31.6. The lowest BCUT2D eigenvalue weighted by molar-refractivity contribution is -0.148. The van der Waals surface area contributed by atoms with Crippen LogP contribution in [0.1, 0.15) is 132 Å². The van der Waals surface area contributed by atoms with Gasteiger partial charge in [0.05, 0.1) is 48.6 Å². The summed E-state index contributed by atoms with van der Waals surface area (Å²) in [4.78, 5) is 143. The van der Waals surface area contributed by atoms with E-state index >= 15 is 0 Å². The average molecular weight is 1240 g/mol. The summed E-state index contributed by atoms with van der Waals surface area (Å²) in [6.45, 7) is 17.8. The molecule has 494 valence electrons. The highest BCUT2D eigenvalue weighted by Gasteiger charge is 2.44. The highest BCUT2D eigenvalue weighted by atomic mass is 16.5. The Morgan fingerprint density at radius 1 is 0.773 bits per heavy atom. The molecule has 0 spiro atoms. The van der Waals surface area contributed by atoms with Crippen LogP contribution in [0.15, 0.2) is 29.4 Å². The zero-order valence-corrected chi connectivity index (χ0v) is 54.3. The number of anilines is 1. The number of carboxylic acids is 1. The van der Waals surface area contributed by atoms with Crippen LogP contribution in [0.5, 0.6) is 0 Å². The van der Waals surface area contributed by atoms with Crippen LogP contribution in [0.4, 0.5) is 10.5 Å². The van der Waals surface area contributed by atoms with Crippen LogP contribution in [0, 0.1) is 35.5 Å². The van der Waals surface area contributed by atoms with Gasteiger partial charge < -0.3 is 66.9 Å². The normalized spacial score (nSPS) is 17.9. The number of amides is 10. The maximum atomic E-state index is 14.5. The topological polar surface area (TPSA) is 369 Å². The van der Waals surface area contributed by atoms with Crippen LogP contribution in [0.25, 0.3) is 10.4 Å². The summed E-state index contributed by atoms with van der Waals surface area (Å²) in [6.07, 6.45) is 1.14. The third-order valence-electron chi connectivity index (χ3n) is 17.0. The number of azide groups is 1. The van der Waals surface area contributed by atoms with Gasteiger partial charge in [-0.3, -0.25) is 48.1 Å². The Morgan fingerprint density at radius 3 is 1.94 bits per heavy atom. The highest BCUT2D eigenvalue weighted by Crippen LogP contribution is 2.30. The number of carboxylic acid groups (broad SMARTS) is 1. The van der Waals surface area contributed by atoms with Crippen molar-refractivity contribution < 1.29 is 62.5 Å². The molecule has 27 nitrogen and oxygen atoms in total. The smallest absolute Gasteiger partial charge is 0.312 e. The molecule has 9 N–H and O–H groups in total. The molecule has 2 aliphatic rings. The minimum absolute atomic E-state index is 0.00696. The van der Waals surface area contributed by atoms with Crippen molar-refractivity contribution >= 4 is 64.9 Å². The Morgan fingerprint density at radius 2 is 1.41 bits per heavy atom. The van der Waals surface area contributed by atoms with Crippen LogP contribution in [-0.2, 0) is 59.0 Å². The van der Waals surface area contributed by atoms with Crippen molar-refractivity contribution in [2.45, 2.75) is 187 Å². The second-order valence-corrected chi connectivity index (χ2v) is 24.8. The van der Waals surface area contributed by atoms with Crippen molar-refractivity contribution in [3.8, 4) is 0 Å². The molecule has 2 heterocycles. The van der Waals surface area contributed by atoms with Crippen molar-refractivity contribution in [1.82, 2.24) is 46.2 Å². The number of piperidine rings is 1. The molecule has 1 unspecified atom stereocenters. The number of hydrogen-bond acceptors (Lipinski definition) is 14. The first-order valence-corrected chi connectivity index (χ1v) is 30.9. The third-order valence-corrected chi connectivity index (χ3v) is 17.0. The Labute approximate surface area is 519 Å². The number of benzene rings is 1. The van der Waals surface area contributed by atoms with E-state index in [4.69, 9.17) is 15.2 Å². The lowest BCUT2D eigenvalue weighted by Crippen LogP contribution is -2.59. The summed E-state index contributed by atoms with van der Waals surface area (Å²) in [5.74, 6) is -6.29. The van der Waals surface area contributed by atoms with E-state index in [9.17, 15) is 58.6 Å². The van der Waals surface area contributed by atoms with E-state index in [0.29, 0.717) is 49.9 Å². The second-order valence-electron chi connectivity index (χ2n) is 24.8. The standard InChI is InChI=1S/C61H102N14O13/c1-15-38(8)53(73(12)59(83)51(36(4)5)70-58(82)52(37(6)7)72(10)11)46(87-13)33-49(78)75-29-17-19-45(75)54(88-14)39(9)55(79)67-43(34-65-71-63)32-40-20-22-42(23-21-40)66-56(80)44(18-16-28-64-61(62)86)68-57(81)50(35(2)3)69-47(76)24-25-48(77)74-30-26-41(27-31-74)60(84)85/h20-23,35-39,41,43-46,50-54H,15-19,24-34H2,1-14H3,(H,66,80)(H,67,79)(H,68,81)(H,69,76)(H,70,82)(H,84,85)(H3,62,64,86)/t38-,39+,43-,44-,45-,46+,50-,51-,52-,53?,54+/m0/s1. The summed E-state index contributed by atoms with van der Waals surface area (Å²) < 4.78 is 12.1. The lowest BCUT2D eigenvalue weighted by atomic mass is 9.89. The van der Waals surface area contributed by atoms with E-state index in [1.54, 1.807) is 61.9 Å². The first-order valence-electron chi connectivity index (χ1n) is 30.9. The van der Waals surface area contributed by atoms with Crippen LogP contribution >= 0.6 is 0 Å². The van der Waals surface area contributed by atoms with Gasteiger partial charge in [0.25, 0.3) is 0 Å². The van der Waals surface area contributed by atoms with E-state index in [1.165, 1.54) is 19.1 Å². The Hall–Kier alpha value is -7.09. The molecule has 0 saturated carbocycles. The van der Waals surface area contributed by atoms with E-state index < -0.39 is 108 Å².